The van der Waals surface area contributed by atoms with E-state index in [9.17, 15) is 4.79 Å². The molecule has 0 fully saturated rings. The molecule has 0 aliphatic heterocycles. The van der Waals surface area contributed by atoms with Crippen LogP contribution in [0.5, 0.6) is 0 Å². The molecule has 0 bridgehead atoms. The van der Waals surface area contributed by atoms with Crippen LogP contribution in [0.25, 0.3) is 0 Å². The monoisotopic (exact) mass is 229 g/mol. The summed E-state index contributed by atoms with van der Waals surface area (Å²) in [6.07, 6.45) is 4.89. The summed E-state index contributed by atoms with van der Waals surface area (Å²) in [7, 11) is 0. The first-order valence-electron chi connectivity index (χ1n) is 4.32. The van der Waals surface area contributed by atoms with E-state index in [4.69, 9.17) is 10.2 Å². The first kappa shape index (κ1) is 13.8. The number of carboxylic acid groups (broad SMARTS) is 1. The number of carbonyl (C=O) groups is 1. The van der Waals surface area contributed by atoms with Crippen molar-refractivity contribution >= 4 is 18.8 Å². The standard InChI is InChI=1S/C10H15NO3S/c1-3-8(5-4-7(2)12)6-9(11-15)10(13)14/h3-5,9,11-12,15H,1,6H2,2H3,(H,13,14)/b7-4+,8-5+. The average Bonchev–Trinajstić information content (AvgIpc) is 2.17. The molecule has 0 heterocycles. The summed E-state index contributed by atoms with van der Waals surface area (Å²) in [5.41, 5.74) is 0.706. The molecule has 15 heavy (non-hydrogen) atoms. The summed E-state index contributed by atoms with van der Waals surface area (Å²) in [6.45, 7) is 5.09. The van der Waals surface area contributed by atoms with Crippen molar-refractivity contribution in [2.24, 2.45) is 0 Å². The van der Waals surface area contributed by atoms with Gasteiger partial charge in [-0.1, -0.05) is 31.5 Å². The molecule has 0 saturated heterocycles. The van der Waals surface area contributed by atoms with Crippen molar-refractivity contribution in [3.8, 4) is 0 Å². The molecule has 0 aromatic rings. The van der Waals surface area contributed by atoms with E-state index in [2.05, 4.69) is 24.1 Å². The van der Waals surface area contributed by atoms with E-state index < -0.39 is 12.0 Å². The molecular formula is C10H15NO3S. The molecule has 0 aromatic heterocycles. The highest BCUT2D eigenvalue weighted by Crippen LogP contribution is 2.08. The van der Waals surface area contributed by atoms with Crippen LogP contribution in [0, 0.1) is 0 Å². The second kappa shape index (κ2) is 7.14. The number of aliphatic carboxylic acids is 1. The van der Waals surface area contributed by atoms with Gasteiger partial charge in [0.1, 0.15) is 6.04 Å². The van der Waals surface area contributed by atoms with Crippen LogP contribution in [-0.4, -0.2) is 22.2 Å². The van der Waals surface area contributed by atoms with Crippen molar-refractivity contribution < 1.29 is 15.0 Å². The zero-order chi connectivity index (χ0) is 11.8. The van der Waals surface area contributed by atoms with Gasteiger partial charge in [0.05, 0.1) is 5.76 Å². The number of rotatable bonds is 6. The van der Waals surface area contributed by atoms with Crippen molar-refractivity contribution in [2.45, 2.75) is 19.4 Å². The second-order valence-electron chi connectivity index (χ2n) is 2.98. The van der Waals surface area contributed by atoms with Crippen LogP contribution in [0.15, 0.2) is 36.1 Å². The van der Waals surface area contributed by atoms with Crippen molar-refractivity contribution in [1.29, 1.82) is 0 Å². The molecule has 0 aliphatic carbocycles. The summed E-state index contributed by atoms with van der Waals surface area (Å²) in [5.74, 6) is -0.831. The van der Waals surface area contributed by atoms with E-state index in [1.54, 1.807) is 12.2 Å². The molecule has 0 spiro atoms. The second-order valence-corrected chi connectivity index (χ2v) is 3.24. The lowest BCUT2D eigenvalue weighted by molar-refractivity contribution is -0.138. The van der Waals surface area contributed by atoms with Crippen LogP contribution in [0.3, 0.4) is 0 Å². The first-order chi connectivity index (χ1) is 7.01. The lowest BCUT2D eigenvalue weighted by Gasteiger charge is -2.10. The lowest BCUT2D eigenvalue weighted by atomic mass is 10.1. The minimum atomic E-state index is -0.984. The smallest absolute Gasteiger partial charge is 0.321 e. The highest BCUT2D eigenvalue weighted by Gasteiger charge is 2.15. The summed E-state index contributed by atoms with van der Waals surface area (Å²) in [5, 5.41) is 17.7. The Balaban J connectivity index is 4.57. The SMILES string of the molecule is C=C/C(=C\C=C(/C)O)CC(NS)C(=O)O. The maximum absolute atomic E-state index is 10.7. The van der Waals surface area contributed by atoms with E-state index in [1.165, 1.54) is 13.0 Å². The maximum Gasteiger partial charge on any atom is 0.321 e. The van der Waals surface area contributed by atoms with Crippen LogP contribution < -0.4 is 4.72 Å². The summed E-state index contributed by atoms with van der Waals surface area (Å²) >= 11 is 3.72. The van der Waals surface area contributed by atoms with Crippen LogP contribution in [0.1, 0.15) is 13.3 Å². The summed E-state index contributed by atoms with van der Waals surface area (Å²) in [4.78, 5) is 10.7. The number of nitrogens with one attached hydrogen (secondary N) is 1. The number of allylic oxidation sites excluding steroid dienone is 4. The summed E-state index contributed by atoms with van der Waals surface area (Å²) < 4.78 is 2.38. The minimum absolute atomic E-state index is 0.153. The van der Waals surface area contributed by atoms with Gasteiger partial charge in [0.25, 0.3) is 0 Å². The Morgan fingerprint density at radius 3 is 2.47 bits per heavy atom. The number of thiol groups is 1. The maximum atomic E-state index is 10.7. The van der Waals surface area contributed by atoms with Gasteiger partial charge < -0.3 is 10.2 Å². The molecule has 0 rings (SSSR count). The van der Waals surface area contributed by atoms with Crippen LogP contribution in [-0.2, 0) is 4.79 Å². The number of aliphatic hydroxyl groups excluding tert-OH is 1. The Labute approximate surface area is 94.5 Å². The normalized spacial score (nSPS) is 14.8. The molecular weight excluding hydrogens is 214 g/mol. The Morgan fingerprint density at radius 1 is 1.53 bits per heavy atom. The minimum Gasteiger partial charge on any atom is -0.513 e. The third-order valence-corrected chi connectivity index (χ3v) is 2.01. The fourth-order valence-electron chi connectivity index (χ4n) is 0.871. The van der Waals surface area contributed by atoms with E-state index in [0.29, 0.717) is 5.57 Å². The molecule has 84 valence electrons. The van der Waals surface area contributed by atoms with Crippen molar-refractivity contribution in [3.63, 3.8) is 0 Å². The molecule has 4 nitrogen and oxygen atoms in total. The third kappa shape index (κ3) is 5.98. The van der Waals surface area contributed by atoms with Gasteiger partial charge in [0.2, 0.25) is 0 Å². The molecule has 0 aliphatic rings. The van der Waals surface area contributed by atoms with Gasteiger partial charge >= 0.3 is 5.97 Å². The van der Waals surface area contributed by atoms with Gasteiger partial charge in [-0.25, -0.2) is 0 Å². The molecule has 5 heteroatoms. The highest BCUT2D eigenvalue weighted by molar-refractivity contribution is 7.78. The van der Waals surface area contributed by atoms with Gasteiger partial charge in [-0.15, -0.1) is 0 Å². The van der Waals surface area contributed by atoms with E-state index >= 15 is 0 Å². The van der Waals surface area contributed by atoms with Gasteiger partial charge in [-0.2, -0.15) is 0 Å². The van der Waals surface area contributed by atoms with E-state index in [0.717, 1.165) is 0 Å². The lowest BCUT2D eigenvalue weighted by Crippen LogP contribution is -2.30. The van der Waals surface area contributed by atoms with Gasteiger partial charge in [0, 0.05) is 0 Å². The fourth-order valence-corrected chi connectivity index (χ4v) is 1.07. The predicted octanol–water partition coefficient (Wildman–Crippen LogP) is 1.84. The molecule has 0 amide bonds. The predicted molar refractivity (Wildman–Crippen MR) is 62.8 cm³/mol. The van der Waals surface area contributed by atoms with Crippen LogP contribution in [0.2, 0.25) is 0 Å². The molecule has 3 N–H and O–H groups in total. The average molecular weight is 229 g/mol. The molecule has 0 saturated carbocycles. The zero-order valence-electron chi connectivity index (χ0n) is 8.47. The first-order valence-corrected chi connectivity index (χ1v) is 4.77. The Hall–Kier alpha value is -1.20. The molecule has 0 aromatic carbocycles. The number of hydrogen-bond acceptors (Lipinski definition) is 4. The largest absolute Gasteiger partial charge is 0.513 e. The van der Waals surface area contributed by atoms with Crippen molar-refractivity contribution in [3.05, 3.63) is 36.1 Å². The molecule has 1 unspecified atom stereocenters. The Kier molecular flexibility index (Phi) is 6.57. The number of carboxylic acids is 1. The van der Waals surface area contributed by atoms with E-state index in [1.807, 2.05) is 0 Å². The Morgan fingerprint density at radius 2 is 2.13 bits per heavy atom. The Bertz CT molecular complexity index is 293. The zero-order valence-corrected chi connectivity index (χ0v) is 9.37. The molecule has 1 atom stereocenters. The summed E-state index contributed by atoms with van der Waals surface area (Å²) in [6, 6.07) is -0.773. The van der Waals surface area contributed by atoms with Crippen LogP contribution >= 0.6 is 12.8 Å². The molecule has 0 radical (unpaired) electrons. The quantitative estimate of drug-likeness (QED) is 0.319. The van der Waals surface area contributed by atoms with E-state index in [-0.39, 0.29) is 12.2 Å². The number of aliphatic hydroxyl groups is 1. The fraction of sp³-hybridized carbons (Fsp3) is 0.300. The van der Waals surface area contributed by atoms with Crippen LogP contribution in [0.4, 0.5) is 0 Å². The third-order valence-electron chi connectivity index (χ3n) is 1.69. The van der Waals surface area contributed by atoms with Crippen molar-refractivity contribution in [1.82, 2.24) is 4.72 Å². The van der Waals surface area contributed by atoms with Gasteiger partial charge in [-0.05, 0) is 25.0 Å². The highest BCUT2D eigenvalue weighted by atomic mass is 32.1. The van der Waals surface area contributed by atoms with Gasteiger partial charge in [-0.3, -0.25) is 9.52 Å². The number of hydrogen-bond donors (Lipinski definition) is 4. The topological polar surface area (TPSA) is 69.6 Å². The van der Waals surface area contributed by atoms with Crippen molar-refractivity contribution in [2.75, 3.05) is 0 Å². The van der Waals surface area contributed by atoms with Gasteiger partial charge in [0.15, 0.2) is 0 Å².